The second-order valence-corrected chi connectivity index (χ2v) is 5.22. The van der Waals surface area contributed by atoms with Crippen molar-refractivity contribution >= 4 is 40.1 Å². The number of carboxylic acids is 1. The molecule has 4 nitrogen and oxygen atoms in total. The zero-order chi connectivity index (χ0) is 16.1. The Hall–Kier alpha value is -2.01. The highest BCUT2D eigenvalue weighted by molar-refractivity contribution is 6.41. The van der Waals surface area contributed by atoms with Gasteiger partial charge in [0.05, 0.1) is 10.0 Å². The molecular weight excluding hydrogens is 325 g/mol. The lowest BCUT2D eigenvalue weighted by molar-refractivity contribution is 0.0665. The van der Waals surface area contributed by atoms with Crippen LogP contribution < -0.4 is 5.73 Å². The van der Waals surface area contributed by atoms with Crippen LogP contribution in [0.25, 0.3) is 11.0 Å². The molecule has 0 aliphatic rings. The number of hydrogen-bond donors (Lipinski definition) is 2. The van der Waals surface area contributed by atoms with Crippen molar-refractivity contribution in [3.63, 3.8) is 0 Å². The van der Waals surface area contributed by atoms with Crippen molar-refractivity contribution in [2.75, 3.05) is 0 Å². The Labute approximate surface area is 137 Å². The minimum atomic E-state index is -1.06. The maximum Gasteiger partial charge on any atom is 0.371 e. The van der Waals surface area contributed by atoms with Crippen molar-refractivity contribution < 1.29 is 14.3 Å². The highest BCUT2D eigenvalue weighted by Crippen LogP contribution is 2.20. The Morgan fingerprint density at radius 2 is 1.73 bits per heavy atom. The lowest BCUT2D eigenvalue weighted by Gasteiger charge is -1.93. The molecule has 114 valence electrons. The fourth-order valence-corrected chi connectivity index (χ4v) is 2.04. The van der Waals surface area contributed by atoms with Gasteiger partial charge >= 0.3 is 5.97 Å². The van der Waals surface area contributed by atoms with E-state index in [0.717, 1.165) is 10.9 Å². The number of hydrogen-bond acceptors (Lipinski definition) is 3. The molecule has 1 heterocycles. The molecule has 22 heavy (non-hydrogen) atoms. The average Bonchev–Trinajstić information content (AvgIpc) is 2.94. The van der Waals surface area contributed by atoms with E-state index in [4.69, 9.17) is 38.5 Å². The summed E-state index contributed by atoms with van der Waals surface area (Å²) in [5.74, 6) is -1.11. The third-order valence-electron chi connectivity index (χ3n) is 2.85. The van der Waals surface area contributed by atoms with Gasteiger partial charge in [-0.1, -0.05) is 41.4 Å². The van der Waals surface area contributed by atoms with Crippen molar-refractivity contribution in [2.45, 2.75) is 6.54 Å². The second-order valence-electron chi connectivity index (χ2n) is 4.41. The predicted octanol–water partition coefficient (Wildman–Crippen LogP) is 4.58. The van der Waals surface area contributed by atoms with Gasteiger partial charge in [0.2, 0.25) is 5.76 Å². The molecule has 6 heteroatoms. The first-order chi connectivity index (χ1) is 10.5. The molecule has 3 rings (SSSR count). The van der Waals surface area contributed by atoms with Gasteiger partial charge in [0.15, 0.2) is 0 Å². The SMILES string of the molecule is Clc1ccccc1Cl.NCc1ccc2oc(C(=O)O)cc2c1. The van der Waals surface area contributed by atoms with Gasteiger partial charge in [0.25, 0.3) is 0 Å². The summed E-state index contributed by atoms with van der Waals surface area (Å²) in [5, 5.41) is 10.7. The summed E-state index contributed by atoms with van der Waals surface area (Å²) in [6, 6.07) is 14.1. The Balaban J connectivity index is 0.000000188. The van der Waals surface area contributed by atoms with Crippen molar-refractivity contribution in [1.29, 1.82) is 0 Å². The van der Waals surface area contributed by atoms with Crippen molar-refractivity contribution in [1.82, 2.24) is 0 Å². The van der Waals surface area contributed by atoms with Crippen LogP contribution in [-0.4, -0.2) is 11.1 Å². The van der Waals surface area contributed by atoms with E-state index in [1.807, 2.05) is 24.3 Å². The van der Waals surface area contributed by atoms with E-state index in [2.05, 4.69) is 0 Å². The van der Waals surface area contributed by atoms with Crippen LogP contribution in [0.5, 0.6) is 0 Å². The molecule has 0 bridgehead atoms. The summed E-state index contributed by atoms with van der Waals surface area (Å²) >= 11 is 11.2. The topological polar surface area (TPSA) is 76.5 Å². The summed E-state index contributed by atoms with van der Waals surface area (Å²) in [7, 11) is 0. The maximum atomic E-state index is 10.6. The van der Waals surface area contributed by atoms with Gasteiger partial charge in [-0.25, -0.2) is 4.79 Å². The zero-order valence-corrected chi connectivity index (χ0v) is 12.9. The third kappa shape index (κ3) is 4.01. The van der Waals surface area contributed by atoms with Crippen LogP contribution in [-0.2, 0) is 6.54 Å². The molecular formula is C16H13Cl2NO3. The molecule has 0 amide bonds. The number of halogens is 2. The number of carbonyl (C=O) groups is 1. The zero-order valence-electron chi connectivity index (χ0n) is 11.4. The molecule has 0 atom stereocenters. The normalized spacial score (nSPS) is 10.1. The first-order valence-electron chi connectivity index (χ1n) is 6.37. The molecule has 3 aromatic rings. The fraction of sp³-hybridized carbons (Fsp3) is 0.0625. The molecule has 0 aliphatic carbocycles. The lowest BCUT2D eigenvalue weighted by atomic mass is 10.1. The van der Waals surface area contributed by atoms with E-state index < -0.39 is 5.97 Å². The summed E-state index contributed by atoms with van der Waals surface area (Å²) in [5.41, 5.74) is 6.98. The van der Waals surface area contributed by atoms with E-state index in [-0.39, 0.29) is 5.76 Å². The van der Waals surface area contributed by atoms with E-state index in [1.54, 1.807) is 18.2 Å². The van der Waals surface area contributed by atoms with Crippen LogP contribution >= 0.6 is 23.2 Å². The molecule has 3 N–H and O–H groups in total. The van der Waals surface area contributed by atoms with Crippen molar-refractivity contribution in [2.24, 2.45) is 5.73 Å². The molecule has 2 aromatic carbocycles. The molecule has 0 saturated heterocycles. The molecule has 0 aliphatic heterocycles. The first-order valence-corrected chi connectivity index (χ1v) is 7.12. The third-order valence-corrected chi connectivity index (χ3v) is 3.61. The molecule has 0 unspecified atom stereocenters. The minimum Gasteiger partial charge on any atom is -0.475 e. The van der Waals surface area contributed by atoms with Crippen molar-refractivity contribution in [3.8, 4) is 0 Å². The van der Waals surface area contributed by atoms with Gasteiger partial charge in [-0.15, -0.1) is 0 Å². The van der Waals surface area contributed by atoms with E-state index >= 15 is 0 Å². The van der Waals surface area contributed by atoms with Gasteiger partial charge in [-0.05, 0) is 35.9 Å². The maximum absolute atomic E-state index is 10.6. The van der Waals surface area contributed by atoms with Crippen LogP contribution in [0.4, 0.5) is 0 Å². The average molecular weight is 338 g/mol. The number of furan rings is 1. The van der Waals surface area contributed by atoms with E-state index in [1.165, 1.54) is 6.07 Å². The molecule has 0 saturated carbocycles. The quantitative estimate of drug-likeness (QED) is 0.717. The molecule has 1 aromatic heterocycles. The number of carboxylic acid groups (broad SMARTS) is 1. The number of aromatic carboxylic acids is 1. The predicted molar refractivity (Wildman–Crippen MR) is 87.5 cm³/mol. The van der Waals surface area contributed by atoms with E-state index in [0.29, 0.717) is 22.2 Å². The van der Waals surface area contributed by atoms with Gasteiger partial charge in [-0.3, -0.25) is 0 Å². The second kappa shape index (κ2) is 7.31. The largest absolute Gasteiger partial charge is 0.475 e. The van der Waals surface area contributed by atoms with Crippen LogP contribution in [0.1, 0.15) is 16.1 Å². The Morgan fingerprint density at radius 1 is 1.09 bits per heavy atom. The van der Waals surface area contributed by atoms with Crippen LogP contribution in [0, 0.1) is 0 Å². The van der Waals surface area contributed by atoms with Crippen LogP contribution in [0.3, 0.4) is 0 Å². The van der Waals surface area contributed by atoms with Gasteiger partial charge in [0, 0.05) is 11.9 Å². The van der Waals surface area contributed by atoms with Crippen LogP contribution in [0.2, 0.25) is 10.0 Å². The molecule has 0 spiro atoms. The lowest BCUT2D eigenvalue weighted by Crippen LogP contribution is -1.94. The van der Waals surface area contributed by atoms with E-state index in [9.17, 15) is 4.79 Å². The summed E-state index contributed by atoms with van der Waals surface area (Å²) in [4.78, 5) is 10.6. The number of fused-ring (bicyclic) bond motifs is 1. The Bertz CT molecular complexity index is 778. The molecule has 0 radical (unpaired) electrons. The highest BCUT2D eigenvalue weighted by atomic mass is 35.5. The summed E-state index contributed by atoms with van der Waals surface area (Å²) < 4.78 is 5.09. The summed E-state index contributed by atoms with van der Waals surface area (Å²) in [6.45, 7) is 0.434. The number of benzene rings is 2. The van der Waals surface area contributed by atoms with Crippen LogP contribution in [0.15, 0.2) is 52.9 Å². The minimum absolute atomic E-state index is 0.0471. The Kier molecular flexibility index (Phi) is 5.44. The fourth-order valence-electron chi connectivity index (χ4n) is 1.76. The van der Waals surface area contributed by atoms with Crippen molar-refractivity contribution in [3.05, 3.63) is 69.9 Å². The van der Waals surface area contributed by atoms with Gasteiger partial charge in [0.1, 0.15) is 5.58 Å². The van der Waals surface area contributed by atoms with Gasteiger partial charge in [-0.2, -0.15) is 0 Å². The Morgan fingerprint density at radius 3 is 2.23 bits per heavy atom. The number of nitrogens with two attached hydrogens (primary N) is 1. The standard InChI is InChI=1S/C10H9NO3.C6H4Cl2/c11-5-6-1-2-8-7(3-6)4-9(14-8)10(12)13;7-5-3-1-2-4-6(5)8/h1-4H,5,11H2,(H,12,13);1-4H. The summed E-state index contributed by atoms with van der Waals surface area (Å²) in [6.07, 6.45) is 0. The number of rotatable bonds is 2. The highest BCUT2D eigenvalue weighted by Gasteiger charge is 2.09. The molecule has 0 fully saturated rings. The van der Waals surface area contributed by atoms with Gasteiger partial charge < -0.3 is 15.3 Å². The smallest absolute Gasteiger partial charge is 0.371 e. The first kappa shape index (κ1) is 16.4. The monoisotopic (exact) mass is 337 g/mol.